The van der Waals surface area contributed by atoms with Crippen molar-refractivity contribution in [2.45, 2.75) is 362 Å². The van der Waals surface area contributed by atoms with E-state index in [-0.39, 0.29) is 25.7 Å². The minimum atomic E-state index is -4.96. The molecule has 0 aliphatic rings. The molecule has 2 unspecified atom stereocenters. The SMILES string of the molecule is CCCCCC/C=C\C=C/CCCCCCCC(=O)OC[C@H](COP(=O)(O)OC[C@@H](O)COP(=O)(O)OC[C@@H](COC(=O)CCCCCCC)OC(=O)CCCCCCCCCCCCCC(C)C)OC(=O)CCCCCCCCCCCCCCCCC(C)C. The molecule has 0 fully saturated rings. The number of ether oxygens (including phenoxy) is 4. The summed E-state index contributed by atoms with van der Waals surface area (Å²) in [5, 5.41) is 10.6. The standard InChI is InChI=1S/C72H136O17P2/c1-7-9-11-13-14-15-16-17-18-22-27-32-37-43-49-55-70(75)83-61-68(89-72(77)56-50-44-38-33-28-23-20-19-21-25-30-35-41-46-52-64(3)4)63-87-91(80,81)85-59-66(73)58-84-90(78,79)86-62-67(60-82-69(74)54-48-40-12-10-8-2)88-71(76)57-51-45-39-34-29-24-26-31-36-42-47-53-65(5)6/h15-18,64-68,73H,7-14,19-63H2,1-6H3,(H,78,79)(H,80,81)/b16-15-,18-17-/t66-,67+,68+/m0/s1. The highest BCUT2D eigenvalue weighted by Gasteiger charge is 2.30. The lowest BCUT2D eigenvalue weighted by Crippen LogP contribution is -2.30. The molecule has 0 amide bonds. The zero-order valence-corrected chi connectivity index (χ0v) is 60.4. The van der Waals surface area contributed by atoms with Crippen molar-refractivity contribution in [1.82, 2.24) is 0 Å². The van der Waals surface area contributed by atoms with Gasteiger partial charge < -0.3 is 33.8 Å². The van der Waals surface area contributed by atoms with Gasteiger partial charge in [0.2, 0.25) is 0 Å². The van der Waals surface area contributed by atoms with Crippen LogP contribution >= 0.6 is 15.6 Å². The van der Waals surface area contributed by atoms with Gasteiger partial charge in [-0.1, -0.05) is 291 Å². The van der Waals surface area contributed by atoms with Gasteiger partial charge in [-0.3, -0.25) is 37.3 Å². The highest BCUT2D eigenvalue weighted by atomic mass is 31.2. The molecule has 0 aliphatic carbocycles. The Morgan fingerprint density at radius 2 is 0.593 bits per heavy atom. The average molecular weight is 1340 g/mol. The van der Waals surface area contributed by atoms with Gasteiger partial charge in [0.25, 0.3) is 0 Å². The molecule has 17 nitrogen and oxygen atoms in total. The van der Waals surface area contributed by atoms with Gasteiger partial charge in [-0.05, 0) is 63.2 Å². The number of allylic oxidation sites excluding steroid dienone is 4. The third-order valence-corrected chi connectivity index (χ3v) is 18.0. The third kappa shape index (κ3) is 66.0. The molecule has 536 valence electrons. The Hall–Kier alpha value is -2.46. The molecule has 91 heavy (non-hydrogen) atoms. The maximum atomic E-state index is 13.0. The van der Waals surface area contributed by atoms with E-state index >= 15 is 0 Å². The van der Waals surface area contributed by atoms with Gasteiger partial charge in [0.05, 0.1) is 26.4 Å². The summed E-state index contributed by atoms with van der Waals surface area (Å²) in [5.74, 6) is -0.606. The van der Waals surface area contributed by atoms with Gasteiger partial charge in [0.15, 0.2) is 12.2 Å². The minimum Gasteiger partial charge on any atom is -0.462 e. The number of carbonyl (C=O) groups excluding carboxylic acids is 4. The summed E-state index contributed by atoms with van der Waals surface area (Å²) < 4.78 is 68.1. The Morgan fingerprint density at radius 1 is 0.341 bits per heavy atom. The number of carbonyl (C=O) groups is 4. The molecule has 0 aliphatic heterocycles. The number of aliphatic hydroxyl groups is 1. The molecule has 0 saturated carbocycles. The number of unbranched alkanes of at least 4 members (excludes halogenated alkanes) is 36. The molecule has 0 radical (unpaired) electrons. The van der Waals surface area contributed by atoms with Gasteiger partial charge in [-0.2, -0.15) is 0 Å². The molecular weight excluding hydrogens is 1200 g/mol. The quantitative estimate of drug-likeness (QED) is 0.0169. The van der Waals surface area contributed by atoms with Crippen LogP contribution in [0.2, 0.25) is 0 Å². The Labute approximate surface area is 554 Å². The van der Waals surface area contributed by atoms with Crippen LogP contribution in [0, 0.1) is 11.8 Å². The van der Waals surface area contributed by atoms with Crippen molar-refractivity contribution in [3.63, 3.8) is 0 Å². The number of aliphatic hydroxyl groups excluding tert-OH is 1. The minimum absolute atomic E-state index is 0.100. The second kappa shape index (κ2) is 63.6. The number of hydrogen-bond donors (Lipinski definition) is 3. The number of hydrogen-bond acceptors (Lipinski definition) is 15. The topological polar surface area (TPSA) is 237 Å². The van der Waals surface area contributed by atoms with Crippen LogP contribution in [0.25, 0.3) is 0 Å². The molecule has 0 bridgehead atoms. The van der Waals surface area contributed by atoms with Gasteiger partial charge >= 0.3 is 39.5 Å². The second-order valence-electron chi connectivity index (χ2n) is 26.2. The van der Waals surface area contributed by atoms with E-state index in [0.29, 0.717) is 25.7 Å². The van der Waals surface area contributed by atoms with E-state index in [2.05, 4.69) is 65.8 Å². The smallest absolute Gasteiger partial charge is 0.462 e. The molecule has 19 heteroatoms. The molecule has 5 atom stereocenters. The van der Waals surface area contributed by atoms with E-state index in [1.807, 2.05) is 0 Å². The van der Waals surface area contributed by atoms with Crippen molar-refractivity contribution in [2.24, 2.45) is 11.8 Å². The summed E-state index contributed by atoms with van der Waals surface area (Å²) in [6.07, 6.45) is 52.5. The average Bonchev–Trinajstić information content (AvgIpc) is 3.64. The summed E-state index contributed by atoms with van der Waals surface area (Å²) >= 11 is 0. The normalized spacial score (nSPS) is 14.3. The molecule has 0 heterocycles. The Morgan fingerprint density at radius 3 is 0.901 bits per heavy atom. The van der Waals surface area contributed by atoms with Gasteiger partial charge in [0.1, 0.15) is 19.3 Å². The van der Waals surface area contributed by atoms with Crippen LogP contribution in [-0.4, -0.2) is 96.7 Å². The van der Waals surface area contributed by atoms with Crippen molar-refractivity contribution in [2.75, 3.05) is 39.6 Å². The number of rotatable bonds is 69. The first kappa shape index (κ1) is 88.5. The van der Waals surface area contributed by atoms with Crippen molar-refractivity contribution in [3.05, 3.63) is 24.3 Å². The van der Waals surface area contributed by atoms with Crippen molar-refractivity contribution in [1.29, 1.82) is 0 Å². The number of phosphoric ester groups is 2. The van der Waals surface area contributed by atoms with E-state index in [9.17, 15) is 43.2 Å². The summed E-state index contributed by atoms with van der Waals surface area (Å²) in [7, 11) is -9.91. The Balaban J connectivity index is 5.19. The second-order valence-corrected chi connectivity index (χ2v) is 29.2. The molecule has 0 spiro atoms. The highest BCUT2D eigenvalue weighted by Crippen LogP contribution is 2.45. The zero-order valence-electron chi connectivity index (χ0n) is 58.6. The molecule has 0 aromatic rings. The van der Waals surface area contributed by atoms with E-state index in [1.54, 1.807) is 0 Å². The lowest BCUT2D eigenvalue weighted by atomic mass is 10.0. The van der Waals surface area contributed by atoms with Crippen molar-refractivity contribution in [3.8, 4) is 0 Å². The summed E-state index contributed by atoms with van der Waals surface area (Å²) in [6.45, 7) is 9.43. The van der Waals surface area contributed by atoms with Crippen LogP contribution in [0.1, 0.15) is 343 Å². The van der Waals surface area contributed by atoms with E-state index < -0.39 is 97.5 Å². The third-order valence-electron chi connectivity index (χ3n) is 16.1. The predicted octanol–water partition coefficient (Wildman–Crippen LogP) is 20.3. The molecule has 0 saturated heterocycles. The first-order valence-electron chi connectivity index (χ1n) is 36.8. The number of esters is 4. The first-order chi connectivity index (χ1) is 43.9. The molecule has 0 aromatic heterocycles. The van der Waals surface area contributed by atoms with E-state index in [0.717, 1.165) is 127 Å². The van der Waals surface area contributed by atoms with Crippen LogP contribution in [0.5, 0.6) is 0 Å². The van der Waals surface area contributed by atoms with Gasteiger partial charge in [-0.25, -0.2) is 9.13 Å². The highest BCUT2D eigenvalue weighted by molar-refractivity contribution is 7.47. The fraction of sp³-hybridized carbons (Fsp3) is 0.889. The predicted molar refractivity (Wildman–Crippen MR) is 367 cm³/mol. The first-order valence-corrected chi connectivity index (χ1v) is 39.8. The van der Waals surface area contributed by atoms with Crippen LogP contribution in [0.4, 0.5) is 0 Å². The van der Waals surface area contributed by atoms with Gasteiger partial charge in [-0.15, -0.1) is 0 Å². The van der Waals surface area contributed by atoms with Crippen LogP contribution < -0.4 is 0 Å². The lowest BCUT2D eigenvalue weighted by Gasteiger charge is -2.21. The zero-order chi connectivity index (χ0) is 67.2. The largest absolute Gasteiger partial charge is 0.472 e. The summed E-state index contributed by atoms with van der Waals surface area (Å²) in [5.41, 5.74) is 0. The maximum absolute atomic E-state index is 13.0. The summed E-state index contributed by atoms with van der Waals surface area (Å²) in [4.78, 5) is 72.3. The van der Waals surface area contributed by atoms with Gasteiger partial charge in [0, 0.05) is 25.7 Å². The molecule has 0 rings (SSSR count). The fourth-order valence-corrected chi connectivity index (χ4v) is 12.0. The Kier molecular flexibility index (Phi) is 61.9. The molecule has 0 aromatic carbocycles. The fourth-order valence-electron chi connectivity index (χ4n) is 10.4. The van der Waals surface area contributed by atoms with E-state index in [1.165, 1.54) is 135 Å². The summed E-state index contributed by atoms with van der Waals surface area (Å²) in [6, 6.07) is 0. The van der Waals surface area contributed by atoms with Crippen LogP contribution in [0.15, 0.2) is 24.3 Å². The molecule has 3 N–H and O–H groups in total. The van der Waals surface area contributed by atoms with Crippen molar-refractivity contribution >= 4 is 39.5 Å². The van der Waals surface area contributed by atoms with Crippen LogP contribution in [0.3, 0.4) is 0 Å². The monoisotopic (exact) mass is 1330 g/mol. The van der Waals surface area contributed by atoms with Crippen LogP contribution in [-0.2, 0) is 65.4 Å². The van der Waals surface area contributed by atoms with Crippen molar-refractivity contribution < 1.29 is 80.2 Å². The molecular formula is C72H136O17P2. The Bertz CT molecular complexity index is 1860. The lowest BCUT2D eigenvalue weighted by molar-refractivity contribution is -0.161. The maximum Gasteiger partial charge on any atom is 0.472 e. The van der Waals surface area contributed by atoms with E-state index in [4.69, 9.17) is 37.0 Å². The number of phosphoric acid groups is 2.